The van der Waals surface area contributed by atoms with E-state index in [0.717, 1.165) is 61.0 Å². The molecule has 1 saturated heterocycles. The van der Waals surface area contributed by atoms with E-state index in [4.69, 9.17) is 16.3 Å². The van der Waals surface area contributed by atoms with Gasteiger partial charge in [0.25, 0.3) is 0 Å². The van der Waals surface area contributed by atoms with Gasteiger partial charge in [-0.25, -0.2) is 4.79 Å². The number of carbonyl (C=O) groups excluding carboxylic acids is 1. The van der Waals surface area contributed by atoms with Crippen LogP contribution in [-0.2, 0) is 19.5 Å². The van der Waals surface area contributed by atoms with Gasteiger partial charge in [-0.3, -0.25) is 9.88 Å². The lowest BCUT2D eigenvalue weighted by atomic mass is 9.96. The molecule has 1 fully saturated rings. The molecule has 0 atom stereocenters. The number of hydrogen-bond donors (Lipinski definition) is 3. The largest absolute Gasteiger partial charge is 0.493 e. The van der Waals surface area contributed by atoms with Crippen molar-refractivity contribution < 1.29 is 9.53 Å². The predicted octanol–water partition coefficient (Wildman–Crippen LogP) is 5.75. The number of ether oxygens (including phenoxy) is 1. The fourth-order valence-electron chi connectivity index (χ4n) is 4.77. The number of aromatic nitrogens is 1. The van der Waals surface area contributed by atoms with Crippen LogP contribution < -0.4 is 20.7 Å². The maximum absolute atomic E-state index is 12.2. The summed E-state index contributed by atoms with van der Waals surface area (Å²) in [4.78, 5) is 18.7. The Kier molecular flexibility index (Phi) is 9.63. The van der Waals surface area contributed by atoms with Gasteiger partial charge in [0.2, 0.25) is 0 Å². The van der Waals surface area contributed by atoms with Crippen LogP contribution in [0.3, 0.4) is 0 Å². The Morgan fingerprint density at radius 3 is 2.60 bits per heavy atom. The zero-order valence-electron chi connectivity index (χ0n) is 22.4. The first-order valence-corrected chi connectivity index (χ1v) is 14.0. The summed E-state index contributed by atoms with van der Waals surface area (Å²) < 4.78 is 6.04. The fourth-order valence-corrected chi connectivity index (χ4v) is 4.95. The molecule has 5 rings (SSSR count). The molecule has 3 aromatic carbocycles. The first kappa shape index (κ1) is 27.6. The van der Waals surface area contributed by atoms with Gasteiger partial charge in [-0.15, -0.1) is 0 Å². The minimum absolute atomic E-state index is 0.273. The third kappa shape index (κ3) is 8.05. The van der Waals surface area contributed by atoms with Crippen LogP contribution in [-0.4, -0.2) is 48.7 Å². The van der Waals surface area contributed by atoms with Crippen LogP contribution in [0.4, 0.5) is 10.5 Å². The molecule has 2 amide bonds. The normalized spacial score (nSPS) is 13.5. The van der Waals surface area contributed by atoms with Gasteiger partial charge in [-0.1, -0.05) is 41.9 Å². The van der Waals surface area contributed by atoms with Crippen molar-refractivity contribution in [2.75, 3.05) is 38.1 Å². The summed E-state index contributed by atoms with van der Waals surface area (Å²) in [5.41, 5.74) is 6.43. The summed E-state index contributed by atoms with van der Waals surface area (Å²) in [7, 11) is 0. The minimum atomic E-state index is -0.273. The molecule has 1 aromatic heterocycles. The Hall–Kier alpha value is -3.91. The lowest BCUT2D eigenvalue weighted by molar-refractivity contribution is 0.233. The molecule has 0 bridgehead atoms. The Labute approximate surface area is 240 Å². The second-order valence-electron chi connectivity index (χ2n) is 9.82. The number of nitrogens with zero attached hydrogens (tertiary/aromatic N) is 2. The number of rotatable bonds is 10. The molecule has 40 heavy (non-hydrogen) atoms. The third-order valence-electron chi connectivity index (χ3n) is 6.85. The highest BCUT2D eigenvalue weighted by Gasteiger charge is 2.12. The molecule has 1 aliphatic heterocycles. The van der Waals surface area contributed by atoms with Gasteiger partial charge in [0.15, 0.2) is 0 Å². The number of hydrogen-bond acceptors (Lipinski definition) is 5. The highest BCUT2D eigenvalue weighted by molar-refractivity contribution is 6.30. The summed E-state index contributed by atoms with van der Waals surface area (Å²) in [6, 6.07) is 25.7. The topological polar surface area (TPSA) is 78.5 Å². The van der Waals surface area contributed by atoms with Crippen molar-refractivity contribution >= 4 is 23.3 Å². The van der Waals surface area contributed by atoms with E-state index in [2.05, 4.69) is 56.2 Å². The maximum atomic E-state index is 12.2. The van der Waals surface area contributed by atoms with E-state index in [1.807, 2.05) is 48.5 Å². The lowest BCUT2D eigenvalue weighted by Crippen LogP contribution is -2.42. The molecule has 0 unspecified atom stereocenters. The third-order valence-corrected chi connectivity index (χ3v) is 7.09. The number of anilines is 1. The zero-order valence-corrected chi connectivity index (χ0v) is 23.2. The molecule has 7 nitrogen and oxygen atoms in total. The van der Waals surface area contributed by atoms with E-state index < -0.39 is 0 Å². The summed E-state index contributed by atoms with van der Waals surface area (Å²) in [5, 5.41) is 9.80. The standard InChI is InChI=1S/C32H34ClN5O2/c33-28-7-6-26(31(20-28)27-5-1-3-24(19-27)23-38-16-14-34-15-17-38)12-18-40-30-10-8-29(9-11-30)37-32(39)36-22-25-4-2-13-35-21-25/h1-11,13,19-21,34H,12,14-18,22-23H2,(H2,36,37,39). The van der Waals surface area contributed by atoms with E-state index in [9.17, 15) is 4.79 Å². The van der Waals surface area contributed by atoms with Crippen molar-refractivity contribution in [2.45, 2.75) is 19.5 Å². The van der Waals surface area contributed by atoms with Crippen LogP contribution in [0.5, 0.6) is 5.75 Å². The van der Waals surface area contributed by atoms with E-state index >= 15 is 0 Å². The molecule has 0 saturated carbocycles. The average Bonchev–Trinajstić information content (AvgIpc) is 2.99. The maximum Gasteiger partial charge on any atom is 0.319 e. The Balaban J connectivity index is 1.15. The number of piperazine rings is 1. The Bertz CT molecular complexity index is 1390. The quantitative estimate of drug-likeness (QED) is 0.232. The van der Waals surface area contributed by atoms with Crippen LogP contribution >= 0.6 is 11.6 Å². The van der Waals surface area contributed by atoms with Crippen LogP contribution in [0.25, 0.3) is 11.1 Å². The smallest absolute Gasteiger partial charge is 0.319 e. The monoisotopic (exact) mass is 555 g/mol. The number of pyridine rings is 1. The van der Waals surface area contributed by atoms with Gasteiger partial charge in [0.1, 0.15) is 5.75 Å². The van der Waals surface area contributed by atoms with E-state index in [1.54, 1.807) is 12.4 Å². The number of urea groups is 1. The molecule has 2 heterocycles. The van der Waals surface area contributed by atoms with Crippen molar-refractivity contribution in [3.63, 3.8) is 0 Å². The van der Waals surface area contributed by atoms with E-state index in [0.29, 0.717) is 18.8 Å². The molecule has 1 aliphatic rings. The molecular formula is C32H34ClN5O2. The number of nitrogens with one attached hydrogen (secondary N) is 3. The van der Waals surface area contributed by atoms with Crippen molar-refractivity contribution in [1.29, 1.82) is 0 Å². The Morgan fingerprint density at radius 1 is 0.975 bits per heavy atom. The van der Waals surface area contributed by atoms with Crippen molar-refractivity contribution in [3.05, 3.63) is 113 Å². The van der Waals surface area contributed by atoms with Gasteiger partial charge in [-0.05, 0) is 76.3 Å². The van der Waals surface area contributed by atoms with Gasteiger partial charge in [-0.2, -0.15) is 0 Å². The molecule has 0 aliphatic carbocycles. The number of carbonyl (C=O) groups is 1. The van der Waals surface area contributed by atoms with Crippen LogP contribution in [0.1, 0.15) is 16.7 Å². The van der Waals surface area contributed by atoms with Crippen LogP contribution in [0.2, 0.25) is 5.02 Å². The van der Waals surface area contributed by atoms with Gasteiger partial charge in [0, 0.05) is 68.8 Å². The number of benzene rings is 3. The zero-order chi connectivity index (χ0) is 27.6. The highest BCUT2D eigenvalue weighted by Crippen LogP contribution is 2.29. The Morgan fingerprint density at radius 2 is 1.80 bits per heavy atom. The first-order chi connectivity index (χ1) is 19.6. The predicted molar refractivity (Wildman–Crippen MR) is 161 cm³/mol. The highest BCUT2D eigenvalue weighted by atomic mass is 35.5. The fraction of sp³-hybridized carbons (Fsp3) is 0.250. The molecule has 0 spiro atoms. The molecule has 8 heteroatoms. The second-order valence-corrected chi connectivity index (χ2v) is 10.3. The molecule has 4 aromatic rings. The molecule has 3 N–H and O–H groups in total. The molecule has 206 valence electrons. The van der Waals surface area contributed by atoms with Crippen molar-refractivity contribution in [3.8, 4) is 16.9 Å². The second kappa shape index (κ2) is 13.9. The summed E-state index contributed by atoms with van der Waals surface area (Å²) in [6.07, 6.45) is 4.17. The number of amides is 2. The summed E-state index contributed by atoms with van der Waals surface area (Å²) >= 11 is 6.41. The van der Waals surface area contributed by atoms with Gasteiger partial charge < -0.3 is 20.7 Å². The first-order valence-electron chi connectivity index (χ1n) is 13.6. The molecular weight excluding hydrogens is 522 g/mol. The summed E-state index contributed by atoms with van der Waals surface area (Å²) in [6.45, 7) is 6.10. The van der Waals surface area contributed by atoms with Gasteiger partial charge >= 0.3 is 6.03 Å². The van der Waals surface area contributed by atoms with Crippen molar-refractivity contribution in [1.82, 2.24) is 20.5 Å². The van der Waals surface area contributed by atoms with Crippen molar-refractivity contribution in [2.24, 2.45) is 0 Å². The van der Waals surface area contributed by atoms with E-state index in [1.165, 1.54) is 16.7 Å². The van der Waals surface area contributed by atoms with Gasteiger partial charge in [0.05, 0.1) is 6.61 Å². The number of halogens is 1. The SMILES string of the molecule is O=C(NCc1cccnc1)Nc1ccc(OCCc2ccc(Cl)cc2-c2cccc(CN3CCNCC3)c2)cc1. The van der Waals surface area contributed by atoms with E-state index in [-0.39, 0.29) is 6.03 Å². The summed E-state index contributed by atoms with van der Waals surface area (Å²) in [5.74, 6) is 0.745. The lowest BCUT2D eigenvalue weighted by Gasteiger charge is -2.27. The van der Waals surface area contributed by atoms with Crippen LogP contribution in [0.15, 0.2) is 91.3 Å². The molecule has 0 radical (unpaired) electrons. The van der Waals surface area contributed by atoms with Crippen LogP contribution in [0, 0.1) is 0 Å². The minimum Gasteiger partial charge on any atom is -0.493 e. The average molecular weight is 556 g/mol.